The lowest BCUT2D eigenvalue weighted by molar-refractivity contribution is 0.0715. The van der Waals surface area contributed by atoms with Crippen LogP contribution in [0.1, 0.15) is 17.3 Å². The first-order valence-corrected chi connectivity index (χ1v) is 6.79. The lowest BCUT2D eigenvalue weighted by Crippen LogP contribution is -2.44. The van der Waals surface area contributed by atoms with Crippen molar-refractivity contribution in [3.8, 4) is 0 Å². The van der Waals surface area contributed by atoms with Crippen molar-refractivity contribution in [3.63, 3.8) is 0 Å². The highest BCUT2D eigenvalue weighted by Gasteiger charge is 2.25. The second kappa shape index (κ2) is 5.14. The molecule has 0 spiro atoms. The fourth-order valence-corrected chi connectivity index (χ4v) is 2.92. The molecule has 18 heavy (non-hydrogen) atoms. The first kappa shape index (κ1) is 13.1. The van der Waals surface area contributed by atoms with Crippen molar-refractivity contribution < 1.29 is 13.6 Å². The molecule has 1 heterocycles. The molecule has 2 rings (SSSR count). The van der Waals surface area contributed by atoms with E-state index < -0.39 is 17.3 Å². The van der Waals surface area contributed by atoms with Crippen molar-refractivity contribution >= 4 is 23.4 Å². The van der Waals surface area contributed by atoms with Crippen molar-refractivity contribution in [1.82, 2.24) is 4.90 Å². The van der Waals surface area contributed by atoms with E-state index in [-0.39, 0.29) is 17.5 Å². The quantitative estimate of drug-likeness (QED) is 0.797. The minimum atomic E-state index is -0.891. The van der Waals surface area contributed by atoms with E-state index in [4.69, 9.17) is 5.73 Å². The normalized spacial score (nSPS) is 19.9. The van der Waals surface area contributed by atoms with E-state index in [0.29, 0.717) is 6.54 Å². The van der Waals surface area contributed by atoms with Crippen LogP contribution >= 0.6 is 11.8 Å². The number of nitrogens with two attached hydrogens (primary N) is 1. The highest BCUT2D eigenvalue weighted by molar-refractivity contribution is 7.99. The summed E-state index contributed by atoms with van der Waals surface area (Å²) in [6, 6.07) is 2.06. The smallest absolute Gasteiger partial charge is 0.254 e. The molecule has 0 radical (unpaired) electrons. The third kappa shape index (κ3) is 2.43. The van der Waals surface area contributed by atoms with Crippen LogP contribution in [0, 0.1) is 11.6 Å². The molecule has 1 saturated heterocycles. The summed E-state index contributed by atoms with van der Waals surface area (Å²) in [6.45, 7) is 2.52. The van der Waals surface area contributed by atoms with E-state index in [1.165, 1.54) is 0 Å². The SMILES string of the molecule is CC1CSCCN1C(=O)c1cc(F)c(N)c(F)c1. The van der Waals surface area contributed by atoms with Gasteiger partial charge in [0.2, 0.25) is 0 Å². The molecule has 0 aromatic heterocycles. The number of anilines is 1. The van der Waals surface area contributed by atoms with Gasteiger partial charge in [0, 0.05) is 29.7 Å². The van der Waals surface area contributed by atoms with Gasteiger partial charge in [-0.15, -0.1) is 0 Å². The Morgan fingerprint density at radius 2 is 2.06 bits per heavy atom. The van der Waals surface area contributed by atoms with Gasteiger partial charge < -0.3 is 10.6 Å². The van der Waals surface area contributed by atoms with Crippen molar-refractivity contribution in [2.45, 2.75) is 13.0 Å². The Morgan fingerprint density at radius 3 is 2.61 bits per heavy atom. The van der Waals surface area contributed by atoms with Crippen molar-refractivity contribution in [2.75, 3.05) is 23.8 Å². The van der Waals surface area contributed by atoms with Crippen molar-refractivity contribution in [1.29, 1.82) is 0 Å². The summed E-state index contributed by atoms with van der Waals surface area (Å²) in [6.07, 6.45) is 0. The van der Waals surface area contributed by atoms with Crippen molar-refractivity contribution in [2.24, 2.45) is 0 Å². The van der Waals surface area contributed by atoms with Crippen LogP contribution in [0.2, 0.25) is 0 Å². The Morgan fingerprint density at radius 1 is 1.44 bits per heavy atom. The van der Waals surface area contributed by atoms with Gasteiger partial charge in [0.25, 0.3) is 5.91 Å². The third-order valence-corrected chi connectivity index (χ3v) is 4.14. The molecular weight excluding hydrogens is 258 g/mol. The van der Waals surface area contributed by atoms with E-state index in [9.17, 15) is 13.6 Å². The summed E-state index contributed by atoms with van der Waals surface area (Å²) < 4.78 is 26.6. The van der Waals surface area contributed by atoms with E-state index >= 15 is 0 Å². The number of carbonyl (C=O) groups excluding carboxylic acids is 1. The van der Waals surface area contributed by atoms with Gasteiger partial charge in [-0.3, -0.25) is 4.79 Å². The zero-order valence-electron chi connectivity index (χ0n) is 9.95. The monoisotopic (exact) mass is 272 g/mol. The Kier molecular flexibility index (Phi) is 3.75. The molecule has 3 nitrogen and oxygen atoms in total. The van der Waals surface area contributed by atoms with Gasteiger partial charge in [-0.1, -0.05) is 0 Å². The predicted octanol–water partition coefficient (Wildman–Crippen LogP) is 2.12. The maximum absolute atomic E-state index is 13.3. The summed E-state index contributed by atoms with van der Waals surface area (Å²) >= 11 is 1.77. The van der Waals surface area contributed by atoms with Crippen LogP contribution in [0.4, 0.5) is 14.5 Å². The molecule has 1 unspecified atom stereocenters. The number of halogens is 2. The number of hydrogen-bond acceptors (Lipinski definition) is 3. The fraction of sp³-hybridized carbons (Fsp3) is 0.417. The number of amides is 1. The van der Waals surface area contributed by atoms with Gasteiger partial charge in [0.1, 0.15) is 17.3 Å². The Hall–Kier alpha value is -1.30. The molecule has 6 heteroatoms. The Labute approximate surface area is 108 Å². The van der Waals surface area contributed by atoms with E-state index in [2.05, 4.69) is 0 Å². The van der Waals surface area contributed by atoms with Crippen LogP contribution in [-0.2, 0) is 0 Å². The fourth-order valence-electron chi connectivity index (χ4n) is 1.90. The van der Waals surface area contributed by atoms with E-state index in [1.807, 2.05) is 6.92 Å². The standard InChI is InChI=1S/C12H14F2N2OS/c1-7-6-18-3-2-16(7)12(17)8-4-9(13)11(15)10(14)5-8/h4-5,7H,2-3,6,15H2,1H3. The first-order chi connectivity index (χ1) is 8.50. The zero-order chi connectivity index (χ0) is 13.3. The minimum absolute atomic E-state index is 0.0120. The summed E-state index contributed by atoms with van der Waals surface area (Å²) in [7, 11) is 0. The van der Waals surface area contributed by atoms with Crippen LogP contribution in [0.25, 0.3) is 0 Å². The highest BCUT2D eigenvalue weighted by atomic mass is 32.2. The average molecular weight is 272 g/mol. The summed E-state index contributed by atoms with van der Waals surface area (Å²) in [4.78, 5) is 13.8. The molecule has 1 aliphatic rings. The van der Waals surface area contributed by atoms with Crippen LogP contribution in [0.15, 0.2) is 12.1 Å². The molecule has 1 fully saturated rings. The second-order valence-corrected chi connectivity index (χ2v) is 5.43. The maximum Gasteiger partial charge on any atom is 0.254 e. The lowest BCUT2D eigenvalue weighted by atomic mass is 10.1. The molecule has 0 bridgehead atoms. The summed E-state index contributed by atoms with van der Waals surface area (Å²) in [5.74, 6) is -0.447. The van der Waals surface area contributed by atoms with Gasteiger partial charge in [-0.05, 0) is 19.1 Å². The van der Waals surface area contributed by atoms with E-state index in [1.54, 1.807) is 16.7 Å². The Balaban J connectivity index is 2.28. The highest BCUT2D eigenvalue weighted by Crippen LogP contribution is 2.22. The molecule has 0 aliphatic carbocycles. The number of carbonyl (C=O) groups is 1. The van der Waals surface area contributed by atoms with Gasteiger partial charge in [0.05, 0.1) is 0 Å². The zero-order valence-corrected chi connectivity index (χ0v) is 10.8. The predicted molar refractivity (Wildman–Crippen MR) is 68.6 cm³/mol. The number of rotatable bonds is 1. The largest absolute Gasteiger partial charge is 0.394 e. The topological polar surface area (TPSA) is 46.3 Å². The Bertz CT molecular complexity index is 458. The average Bonchev–Trinajstić information content (AvgIpc) is 2.35. The summed E-state index contributed by atoms with van der Waals surface area (Å²) in [5.41, 5.74) is 4.64. The molecule has 1 aromatic carbocycles. The maximum atomic E-state index is 13.3. The van der Waals surface area contributed by atoms with Gasteiger partial charge in [-0.2, -0.15) is 11.8 Å². The second-order valence-electron chi connectivity index (χ2n) is 4.28. The molecule has 1 atom stereocenters. The molecule has 1 amide bonds. The van der Waals surface area contributed by atoms with Crippen LogP contribution in [0.5, 0.6) is 0 Å². The van der Waals surface area contributed by atoms with Gasteiger partial charge >= 0.3 is 0 Å². The molecule has 1 aromatic rings. The first-order valence-electron chi connectivity index (χ1n) is 5.64. The molecule has 98 valence electrons. The molecular formula is C12H14F2N2OS. The van der Waals surface area contributed by atoms with E-state index in [0.717, 1.165) is 23.6 Å². The lowest BCUT2D eigenvalue weighted by Gasteiger charge is -2.33. The summed E-state index contributed by atoms with van der Waals surface area (Å²) in [5, 5.41) is 0. The number of hydrogen-bond donors (Lipinski definition) is 1. The minimum Gasteiger partial charge on any atom is -0.394 e. The van der Waals surface area contributed by atoms with Crippen LogP contribution in [-0.4, -0.2) is 34.9 Å². The molecule has 0 saturated carbocycles. The molecule has 2 N–H and O–H groups in total. The molecule has 1 aliphatic heterocycles. The number of nitrogen functional groups attached to an aromatic ring is 1. The number of nitrogens with zero attached hydrogens (tertiary/aromatic N) is 1. The van der Waals surface area contributed by atoms with Crippen LogP contribution < -0.4 is 5.73 Å². The number of benzene rings is 1. The van der Waals surface area contributed by atoms with Gasteiger partial charge in [0.15, 0.2) is 0 Å². The van der Waals surface area contributed by atoms with Crippen LogP contribution in [0.3, 0.4) is 0 Å². The number of thioether (sulfide) groups is 1. The third-order valence-electron chi connectivity index (χ3n) is 2.95. The van der Waals surface area contributed by atoms with Crippen molar-refractivity contribution in [3.05, 3.63) is 29.3 Å². The van der Waals surface area contributed by atoms with Gasteiger partial charge in [-0.25, -0.2) is 8.78 Å².